The molecule has 16 heavy (non-hydrogen) atoms. The van der Waals surface area contributed by atoms with Crippen molar-refractivity contribution in [2.75, 3.05) is 18.9 Å². The summed E-state index contributed by atoms with van der Waals surface area (Å²) in [4.78, 5) is 11.1. The van der Waals surface area contributed by atoms with Crippen LogP contribution in [0.5, 0.6) is 0 Å². The molecule has 4 N–H and O–H groups in total. The van der Waals surface area contributed by atoms with Gasteiger partial charge in [-0.15, -0.1) is 0 Å². The lowest BCUT2D eigenvalue weighted by Crippen LogP contribution is -2.28. The molecule has 0 saturated carbocycles. The van der Waals surface area contributed by atoms with Crippen molar-refractivity contribution >= 4 is 11.7 Å². The van der Waals surface area contributed by atoms with Crippen LogP contribution in [0.15, 0.2) is 6.20 Å². The number of aromatic nitrogens is 2. The molecule has 0 radical (unpaired) electrons. The van der Waals surface area contributed by atoms with E-state index in [-0.39, 0.29) is 17.4 Å². The SMILES string of the molecule is C[C@H]1CCOCC1n1cc(C(N)=O)c(N)n1. The van der Waals surface area contributed by atoms with Gasteiger partial charge in [0, 0.05) is 12.8 Å². The minimum Gasteiger partial charge on any atom is -0.382 e. The molecule has 6 nitrogen and oxygen atoms in total. The monoisotopic (exact) mass is 224 g/mol. The standard InChI is InChI=1S/C10H16N4O2/c1-6-2-3-16-5-8(6)14-4-7(10(12)15)9(11)13-14/h4,6,8H,2-3,5H2,1H3,(H2,11,13)(H2,12,15)/t6-,8?/m0/s1. The Morgan fingerprint density at radius 2 is 2.44 bits per heavy atom. The van der Waals surface area contributed by atoms with E-state index in [1.807, 2.05) is 0 Å². The molecule has 0 spiro atoms. The molecule has 2 heterocycles. The fraction of sp³-hybridized carbons (Fsp3) is 0.600. The predicted octanol–water partition coefficient (Wildman–Crippen LogP) is 0.162. The molecule has 6 heteroatoms. The number of carbonyl (C=O) groups is 1. The number of hydrogen-bond donors (Lipinski definition) is 2. The summed E-state index contributed by atoms with van der Waals surface area (Å²) in [5, 5.41) is 4.12. The Morgan fingerprint density at radius 3 is 3.00 bits per heavy atom. The topological polar surface area (TPSA) is 96.2 Å². The summed E-state index contributed by atoms with van der Waals surface area (Å²) in [6.07, 6.45) is 2.59. The number of nitrogen functional groups attached to an aromatic ring is 1. The average molecular weight is 224 g/mol. The number of ether oxygens (including phenoxy) is 1. The Kier molecular flexibility index (Phi) is 2.82. The second kappa shape index (κ2) is 4.13. The van der Waals surface area contributed by atoms with Crippen molar-refractivity contribution in [3.05, 3.63) is 11.8 Å². The highest BCUT2D eigenvalue weighted by atomic mass is 16.5. The Bertz CT molecular complexity index is 402. The molecule has 2 atom stereocenters. The van der Waals surface area contributed by atoms with Gasteiger partial charge in [-0.2, -0.15) is 5.10 Å². The zero-order valence-corrected chi connectivity index (χ0v) is 9.22. The van der Waals surface area contributed by atoms with E-state index < -0.39 is 5.91 Å². The summed E-state index contributed by atoms with van der Waals surface area (Å²) in [6.45, 7) is 3.51. The Labute approximate surface area is 93.5 Å². The summed E-state index contributed by atoms with van der Waals surface area (Å²) < 4.78 is 7.09. The smallest absolute Gasteiger partial charge is 0.254 e. The van der Waals surface area contributed by atoms with Crippen molar-refractivity contribution in [3.63, 3.8) is 0 Å². The Balaban J connectivity index is 2.26. The van der Waals surface area contributed by atoms with Crippen molar-refractivity contribution < 1.29 is 9.53 Å². The van der Waals surface area contributed by atoms with Crippen LogP contribution in [0.3, 0.4) is 0 Å². The highest BCUT2D eigenvalue weighted by Gasteiger charge is 2.25. The second-order valence-electron chi connectivity index (χ2n) is 4.18. The summed E-state index contributed by atoms with van der Waals surface area (Å²) in [5.74, 6) is 0.0900. The minimum atomic E-state index is -0.548. The first kappa shape index (κ1) is 10.9. The van der Waals surface area contributed by atoms with Gasteiger partial charge in [0.15, 0.2) is 5.82 Å². The molecular weight excluding hydrogens is 208 g/mol. The molecule has 1 aromatic rings. The van der Waals surface area contributed by atoms with Crippen LogP contribution in [-0.2, 0) is 4.74 Å². The van der Waals surface area contributed by atoms with Gasteiger partial charge in [-0.25, -0.2) is 0 Å². The summed E-state index contributed by atoms with van der Waals surface area (Å²) in [7, 11) is 0. The molecule has 1 unspecified atom stereocenters. The van der Waals surface area contributed by atoms with Crippen LogP contribution in [0.2, 0.25) is 0 Å². The zero-order chi connectivity index (χ0) is 11.7. The van der Waals surface area contributed by atoms with Crippen molar-refractivity contribution in [1.29, 1.82) is 0 Å². The molecule has 1 aliphatic heterocycles. The maximum absolute atomic E-state index is 11.1. The first-order valence-corrected chi connectivity index (χ1v) is 5.31. The van der Waals surface area contributed by atoms with Gasteiger partial charge in [0.25, 0.3) is 5.91 Å². The van der Waals surface area contributed by atoms with Gasteiger partial charge in [0.05, 0.1) is 12.6 Å². The van der Waals surface area contributed by atoms with Gasteiger partial charge < -0.3 is 16.2 Å². The Morgan fingerprint density at radius 1 is 1.69 bits per heavy atom. The maximum Gasteiger partial charge on any atom is 0.254 e. The highest BCUT2D eigenvalue weighted by molar-refractivity contribution is 5.96. The van der Waals surface area contributed by atoms with E-state index in [4.69, 9.17) is 16.2 Å². The third-order valence-electron chi connectivity index (χ3n) is 3.03. The van der Waals surface area contributed by atoms with Gasteiger partial charge in [-0.1, -0.05) is 6.92 Å². The lowest BCUT2D eigenvalue weighted by Gasteiger charge is -2.28. The Hall–Kier alpha value is -1.56. The molecule has 1 saturated heterocycles. The van der Waals surface area contributed by atoms with E-state index >= 15 is 0 Å². The lowest BCUT2D eigenvalue weighted by molar-refractivity contribution is 0.0238. The third kappa shape index (κ3) is 1.88. The third-order valence-corrected chi connectivity index (χ3v) is 3.03. The van der Waals surface area contributed by atoms with Crippen molar-refractivity contribution in [2.45, 2.75) is 19.4 Å². The fourth-order valence-electron chi connectivity index (χ4n) is 1.93. The largest absolute Gasteiger partial charge is 0.382 e. The number of amides is 1. The fourth-order valence-corrected chi connectivity index (χ4v) is 1.93. The lowest BCUT2D eigenvalue weighted by atomic mass is 9.97. The number of anilines is 1. The number of rotatable bonds is 2. The van der Waals surface area contributed by atoms with Crippen molar-refractivity contribution in [2.24, 2.45) is 11.7 Å². The van der Waals surface area contributed by atoms with Crippen LogP contribution >= 0.6 is 0 Å². The van der Waals surface area contributed by atoms with Gasteiger partial charge in [0.2, 0.25) is 0 Å². The molecule has 0 aliphatic carbocycles. The van der Waals surface area contributed by atoms with E-state index in [0.29, 0.717) is 12.5 Å². The van der Waals surface area contributed by atoms with Gasteiger partial charge in [-0.05, 0) is 12.3 Å². The molecule has 1 fully saturated rings. The number of hydrogen-bond acceptors (Lipinski definition) is 4. The van der Waals surface area contributed by atoms with Crippen LogP contribution in [0.4, 0.5) is 5.82 Å². The maximum atomic E-state index is 11.1. The summed E-state index contributed by atoms with van der Waals surface area (Å²) in [5.41, 5.74) is 11.1. The van der Waals surface area contributed by atoms with E-state index in [1.165, 1.54) is 0 Å². The number of carbonyl (C=O) groups excluding carboxylic acids is 1. The van der Waals surface area contributed by atoms with Crippen molar-refractivity contribution in [1.82, 2.24) is 9.78 Å². The molecule has 0 aromatic carbocycles. The van der Waals surface area contributed by atoms with Crippen molar-refractivity contribution in [3.8, 4) is 0 Å². The molecular formula is C10H16N4O2. The normalized spacial score (nSPS) is 25.6. The first-order chi connectivity index (χ1) is 7.59. The first-order valence-electron chi connectivity index (χ1n) is 5.31. The second-order valence-corrected chi connectivity index (χ2v) is 4.18. The summed E-state index contributed by atoms with van der Waals surface area (Å²) >= 11 is 0. The van der Waals surface area contributed by atoms with Crippen LogP contribution < -0.4 is 11.5 Å². The van der Waals surface area contributed by atoms with Crippen LogP contribution in [-0.4, -0.2) is 28.9 Å². The number of nitrogens with two attached hydrogens (primary N) is 2. The zero-order valence-electron chi connectivity index (χ0n) is 9.22. The summed E-state index contributed by atoms with van der Waals surface area (Å²) in [6, 6.07) is 0.129. The van der Waals surface area contributed by atoms with E-state index in [1.54, 1.807) is 10.9 Å². The number of primary amides is 1. The van der Waals surface area contributed by atoms with Gasteiger partial charge >= 0.3 is 0 Å². The van der Waals surface area contributed by atoms with E-state index in [9.17, 15) is 4.79 Å². The molecule has 1 amide bonds. The number of nitrogens with zero attached hydrogens (tertiary/aromatic N) is 2. The van der Waals surface area contributed by atoms with Gasteiger partial charge in [0.1, 0.15) is 5.56 Å². The molecule has 88 valence electrons. The predicted molar refractivity (Wildman–Crippen MR) is 58.8 cm³/mol. The van der Waals surface area contributed by atoms with Crippen LogP contribution in [0.1, 0.15) is 29.7 Å². The minimum absolute atomic E-state index is 0.129. The molecule has 1 aliphatic rings. The molecule has 0 bridgehead atoms. The highest BCUT2D eigenvalue weighted by Crippen LogP contribution is 2.26. The van der Waals surface area contributed by atoms with Crippen LogP contribution in [0, 0.1) is 5.92 Å². The van der Waals surface area contributed by atoms with E-state index in [2.05, 4.69) is 12.0 Å². The molecule has 1 aromatic heterocycles. The van der Waals surface area contributed by atoms with Gasteiger partial charge in [-0.3, -0.25) is 9.48 Å². The van der Waals surface area contributed by atoms with Crippen LogP contribution in [0.25, 0.3) is 0 Å². The van der Waals surface area contributed by atoms with E-state index in [0.717, 1.165) is 13.0 Å². The quantitative estimate of drug-likeness (QED) is 0.748. The molecule has 2 rings (SSSR count). The average Bonchev–Trinajstić information content (AvgIpc) is 2.61.